The van der Waals surface area contributed by atoms with E-state index in [4.69, 9.17) is 4.42 Å². The van der Waals surface area contributed by atoms with Crippen LogP contribution in [-0.2, 0) is 0 Å². The molecule has 0 N–H and O–H groups in total. The Morgan fingerprint density at radius 3 is 2.64 bits per heavy atom. The van der Waals surface area contributed by atoms with Gasteiger partial charge in [0.05, 0.1) is 6.26 Å². The Hall–Kier alpha value is -2.21. The molecule has 0 aliphatic carbocycles. The van der Waals surface area contributed by atoms with Gasteiger partial charge in [0.25, 0.3) is 5.76 Å². The van der Waals surface area contributed by atoms with Crippen molar-refractivity contribution in [1.29, 1.82) is 0 Å². The molecule has 3 nitrogen and oxygen atoms in total. The van der Waals surface area contributed by atoms with Crippen LogP contribution >= 0.6 is 0 Å². The normalized spacial score (nSPS) is 8.86. The van der Waals surface area contributed by atoms with Crippen molar-refractivity contribution in [3.63, 3.8) is 0 Å². The first kappa shape index (κ1) is 8.39. The Morgan fingerprint density at radius 1 is 1.07 bits per heavy atom. The molecule has 1 aromatic heterocycles. The van der Waals surface area contributed by atoms with Gasteiger partial charge in [-0.05, 0) is 12.1 Å². The second-order valence-electron chi connectivity index (χ2n) is 2.62. The van der Waals surface area contributed by atoms with E-state index < -0.39 is 0 Å². The maximum absolute atomic E-state index is 5.01. The Kier molecular flexibility index (Phi) is 2.49. The molecule has 3 heteroatoms. The van der Waals surface area contributed by atoms with E-state index in [0.29, 0.717) is 5.76 Å². The lowest BCUT2D eigenvalue weighted by Gasteiger charge is -1.97. The largest absolute Gasteiger partial charge is 0.450 e. The Labute approximate surface area is 81.8 Å². The van der Waals surface area contributed by atoms with Crippen LogP contribution < -0.4 is 0 Å². The molecule has 0 unspecified atom stereocenters. The van der Waals surface area contributed by atoms with Gasteiger partial charge in [-0.25, -0.2) is 0 Å². The molecule has 0 bridgehead atoms. The first-order valence-electron chi connectivity index (χ1n) is 4.20. The molecule has 1 aromatic carbocycles. The standard InChI is InChI=1S/C11H8N2O/c1-2-5-10(6-3-1)13-12-9-11-7-4-8-14-11/h1-8H. The van der Waals surface area contributed by atoms with Crippen molar-refractivity contribution in [3.8, 4) is 6.07 Å². The zero-order chi connectivity index (χ0) is 9.64. The second kappa shape index (κ2) is 4.15. The molecule has 14 heavy (non-hydrogen) atoms. The Balaban J connectivity index is 2.01. The van der Waals surface area contributed by atoms with Crippen LogP contribution in [0.3, 0.4) is 0 Å². The minimum atomic E-state index is 0.574. The summed E-state index contributed by atoms with van der Waals surface area (Å²) in [4.78, 5) is 3.77. The smallest absolute Gasteiger partial charge is 0.348 e. The van der Waals surface area contributed by atoms with E-state index in [1.54, 1.807) is 18.4 Å². The lowest BCUT2D eigenvalue weighted by Crippen LogP contribution is -1.62. The number of rotatable bonds is 1. The number of hydrogen-bond acceptors (Lipinski definition) is 1. The van der Waals surface area contributed by atoms with Crippen molar-refractivity contribution in [2.45, 2.75) is 0 Å². The predicted octanol–water partition coefficient (Wildman–Crippen LogP) is 3.58. The molecule has 0 aliphatic rings. The first-order chi connectivity index (χ1) is 6.95. The highest BCUT2D eigenvalue weighted by atomic mass is 16.3. The van der Waals surface area contributed by atoms with Gasteiger partial charge in [-0.1, -0.05) is 41.0 Å². The van der Waals surface area contributed by atoms with Crippen molar-refractivity contribution in [3.05, 3.63) is 64.9 Å². The maximum Gasteiger partial charge on any atom is 0.348 e. The molecule has 1 heterocycles. The molecular formula is C11H8N2O. The van der Waals surface area contributed by atoms with Crippen LogP contribution in [0, 0.1) is 6.07 Å². The molecule has 0 radical (unpaired) electrons. The average Bonchev–Trinajstić information content (AvgIpc) is 2.72. The summed E-state index contributed by atoms with van der Waals surface area (Å²) in [5.74, 6) is 0.574. The molecule has 0 saturated carbocycles. The van der Waals surface area contributed by atoms with Gasteiger partial charge in [-0.3, -0.25) is 5.43 Å². The van der Waals surface area contributed by atoms with E-state index in [1.165, 1.54) is 0 Å². The SMILES string of the molecule is C(#[N+][N-]c1ccccc1)c1ccco1. The summed E-state index contributed by atoms with van der Waals surface area (Å²) in [5, 5.41) is 0. The number of benzene rings is 1. The fourth-order valence-corrected chi connectivity index (χ4v) is 0.969. The quantitative estimate of drug-likeness (QED) is 0.623. The third kappa shape index (κ3) is 2.14. The molecule has 68 valence electrons. The van der Waals surface area contributed by atoms with E-state index in [2.05, 4.69) is 16.4 Å². The minimum Gasteiger partial charge on any atom is -0.450 e. The fourth-order valence-electron chi connectivity index (χ4n) is 0.969. The van der Waals surface area contributed by atoms with Gasteiger partial charge in [0.1, 0.15) is 0 Å². The summed E-state index contributed by atoms with van der Waals surface area (Å²) in [6.07, 6.45) is 1.57. The van der Waals surface area contributed by atoms with Crippen molar-refractivity contribution in [2.75, 3.05) is 0 Å². The summed E-state index contributed by atoms with van der Waals surface area (Å²) in [6, 6.07) is 15.7. The van der Waals surface area contributed by atoms with Gasteiger partial charge in [-0.15, -0.1) is 0 Å². The molecular weight excluding hydrogens is 176 g/mol. The topological polar surface area (TPSA) is 31.6 Å². The van der Waals surface area contributed by atoms with Crippen LogP contribution in [-0.4, -0.2) is 0 Å². The minimum absolute atomic E-state index is 0.574. The summed E-state index contributed by atoms with van der Waals surface area (Å²) in [7, 11) is 0. The third-order valence-electron chi connectivity index (χ3n) is 1.60. The van der Waals surface area contributed by atoms with Crippen molar-refractivity contribution in [1.82, 2.24) is 0 Å². The van der Waals surface area contributed by atoms with Crippen molar-refractivity contribution < 1.29 is 4.42 Å². The highest BCUT2D eigenvalue weighted by molar-refractivity contribution is 5.50. The van der Waals surface area contributed by atoms with Gasteiger partial charge in [0.2, 0.25) is 0 Å². The van der Waals surface area contributed by atoms with Crippen LogP contribution in [0.25, 0.3) is 10.4 Å². The van der Waals surface area contributed by atoms with E-state index in [0.717, 1.165) is 5.69 Å². The number of hydrogen-bond donors (Lipinski definition) is 0. The molecule has 2 rings (SSSR count). The fraction of sp³-hybridized carbons (Fsp3) is 0. The van der Waals surface area contributed by atoms with E-state index in [1.807, 2.05) is 30.3 Å². The van der Waals surface area contributed by atoms with Crippen LogP contribution in [0.5, 0.6) is 0 Å². The van der Waals surface area contributed by atoms with Gasteiger partial charge in [0, 0.05) is 0 Å². The van der Waals surface area contributed by atoms with Crippen LogP contribution in [0.4, 0.5) is 5.69 Å². The molecule has 0 atom stereocenters. The van der Waals surface area contributed by atoms with Gasteiger partial charge in [0.15, 0.2) is 0 Å². The monoisotopic (exact) mass is 184 g/mol. The molecule has 0 saturated heterocycles. The molecule has 0 aliphatic heterocycles. The lowest BCUT2D eigenvalue weighted by molar-refractivity contribution is 0.554. The second-order valence-corrected chi connectivity index (χ2v) is 2.62. The maximum atomic E-state index is 5.01. The summed E-state index contributed by atoms with van der Waals surface area (Å²) >= 11 is 0. The van der Waals surface area contributed by atoms with E-state index in [-0.39, 0.29) is 0 Å². The average molecular weight is 184 g/mol. The molecule has 2 aromatic rings. The van der Waals surface area contributed by atoms with Crippen molar-refractivity contribution >= 4 is 5.69 Å². The first-order valence-corrected chi connectivity index (χ1v) is 4.20. The number of furan rings is 1. The zero-order valence-electron chi connectivity index (χ0n) is 7.42. The Bertz CT molecular complexity index is 437. The highest BCUT2D eigenvalue weighted by Gasteiger charge is 1.92. The summed E-state index contributed by atoms with van der Waals surface area (Å²) < 4.78 is 5.01. The highest BCUT2D eigenvalue weighted by Crippen LogP contribution is 2.16. The predicted molar refractivity (Wildman–Crippen MR) is 54.5 cm³/mol. The third-order valence-corrected chi connectivity index (χ3v) is 1.60. The summed E-state index contributed by atoms with van der Waals surface area (Å²) in [5.41, 5.74) is 4.73. The number of nitrogens with zero attached hydrogens (tertiary/aromatic N) is 2. The lowest BCUT2D eigenvalue weighted by atomic mass is 10.3. The van der Waals surface area contributed by atoms with E-state index >= 15 is 0 Å². The van der Waals surface area contributed by atoms with Crippen LogP contribution in [0.15, 0.2) is 53.1 Å². The molecule has 0 spiro atoms. The zero-order valence-corrected chi connectivity index (χ0v) is 7.42. The van der Waals surface area contributed by atoms with Crippen molar-refractivity contribution in [2.24, 2.45) is 0 Å². The van der Waals surface area contributed by atoms with Gasteiger partial charge >= 0.3 is 6.07 Å². The van der Waals surface area contributed by atoms with Gasteiger partial charge in [-0.2, -0.15) is 0 Å². The van der Waals surface area contributed by atoms with Crippen LogP contribution in [0.1, 0.15) is 5.76 Å². The molecule has 0 amide bonds. The van der Waals surface area contributed by atoms with Gasteiger partial charge < -0.3 is 4.42 Å². The van der Waals surface area contributed by atoms with E-state index in [9.17, 15) is 0 Å². The summed E-state index contributed by atoms with van der Waals surface area (Å²) in [6.45, 7) is 0. The molecule has 0 fully saturated rings. The Morgan fingerprint density at radius 2 is 1.93 bits per heavy atom. The van der Waals surface area contributed by atoms with Crippen LogP contribution in [0.2, 0.25) is 0 Å².